The van der Waals surface area contributed by atoms with Gasteiger partial charge in [0.2, 0.25) is 0 Å². The fraction of sp³-hybridized carbons (Fsp3) is 0.333. The summed E-state index contributed by atoms with van der Waals surface area (Å²) in [5, 5.41) is 5.70. The van der Waals surface area contributed by atoms with Crippen LogP contribution in [0.2, 0.25) is 0 Å². The van der Waals surface area contributed by atoms with Crippen molar-refractivity contribution in [2.45, 2.75) is 33.4 Å². The van der Waals surface area contributed by atoms with Crippen LogP contribution in [0.5, 0.6) is 0 Å². The molecule has 1 aliphatic heterocycles. The van der Waals surface area contributed by atoms with Gasteiger partial charge in [-0.1, -0.05) is 19.9 Å². The minimum atomic E-state index is -0.293. The van der Waals surface area contributed by atoms with E-state index in [4.69, 9.17) is 0 Å². The summed E-state index contributed by atoms with van der Waals surface area (Å²) in [6.07, 6.45) is 0.933. The molecule has 0 saturated carbocycles. The first-order valence-corrected chi connectivity index (χ1v) is 9.14. The summed E-state index contributed by atoms with van der Waals surface area (Å²) >= 11 is 0. The second-order valence-corrected chi connectivity index (χ2v) is 7.22. The number of carbonyl (C=O) groups is 2. The number of halogens is 1. The van der Waals surface area contributed by atoms with Gasteiger partial charge < -0.3 is 15.5 Å². The molecule has 5 nitrogen and oxygen atoms in total. The Bertz CT molecular complexity index is 834. The number of amides is 3. The molecule has 3 rings (SSSR count). The van der Waals surface area contributed by atoms with Gasteiger partial charge in [-0.3, -0.25) is 4.79 Å². The van der Waals surface area contributed by atoms with E-state index >= 15 is 0 Å². The molecule has 0 atom stereocenters. The maximum absolute atomic E-state index is 13.3. The third kappa shape index (κ3) is 4.84. The molecule has 0 aliphatic carbocycles. The van der Waals surface area contributed by atoms with Crippen LogP contribution < -0.4 is 10.6 Å². The van der Waals surface area contributed by atoms with E-state index in [2.05, 4.69) is 24.5 Å². The average molecular weight is 369 g/mol. The molecule has 1 aliphatic rings. The fourth-order valence-corrected chi connectivity index (χ4v) is 2.99. The van der Waals surface area contributed by atoms with Gasteiger partial charge in [-0.15, -0.1) is 0 Å². The predicted octanol–water partition coefficient (Wildman–Crippen LogP) is 4.15. The number of hydrogen-bond acceptors (Lipinski definition) is 2. The van der Waals surface area contributed by atoms with Crippen LogP contribution in [-0.4, -0.2) is 23.4 Å². The lowest BCUT2D eigenvalue weighted by atomic mass is 10.1. The number of benzene rings is 2. The fourth-order valence-electron chi connectivity index (χ4n) is 2.99. The Morgan fingerprint density at radius 2 is 1.78 bits per heavy atom. The molecule has 0 unspecified atom stereocenters. The van der Waals surface area contributed by atoms with E-state index < -0.39 is 0 Å². The van der Waals surface area contributed by atoms with E-state index in [1.165, 1.54) is 12.1 Å². The molecule has 142 valence electrons. The monoisotopic (exact) mass is 369 g/mol. The molecule has 0 saturated heterocycles. The zero-order chi connectivity index (χ0) is 19.4. The highest BCUT2D eigenvalue weighted by Crippen LogP contribution is 2.24. The zero-order valence-electron chi connectivity index (χ0n) is 15.6. The summed E-state index contributed by atoms with van der Waals surface area (Å²) in [6, 6.07) is 11.1. The van der Waals surface area contributed by atoms with Gasteiger partial charge in [0.05, 0.1) is 0 Å². The molecule has 1 heterocycles. The topological polar surface area (TPSA) is 61.4 Å². The molecule has 3 amide bonds. The van der Waals surface area contributed by atoms with E-state index in [1.54, 1.807) is 35.2 Å². The number of rotatable bonds is 5. The maximum Gasteiger partial charge on any atom is 0.322 e. The van der Waals surface area contributed by atoms with Crippen LogP contribution in [-0.2, 0) is 13.1 Å². The summed E-state index contributed by atoms with van der Waals surface area (Å²) in [5.74, 6) is 0.125. The minimum Gasteiger partial charge on any atom is -0.352 e. The summed E-state index contributed by atoms with van der Waals surface area (Å²) in [6.45, 7) is 5.70. The average Bonchev–Trinajstić information content (AvgIpc) is 3.05. The van der Waals surface area contributed by atoms with E-state index in [9.17, 15) is 14.0 Å². The lowest BCUT2D eigenvalue weighted by Gasteiger charge is -2.16. The van der Waals surface area contributed by atoms with Crippen molar-refractivity contribution in [1.29, 1.82) is 0 Å². The van der Waals surface area contributed by atoms with Crippen LogP contribution in [0, 0.1) is 11.7 Å². The molecule has 0 radical (unpaired) electrons. The van der Waals surface area contributed by atoms with Gasteiger partial charge >= 0.3 is 6.03 Å². The second-order valence-electron chi connectivity index (χ2n) is 7.22. The minimum absolute atomic E-state index is 0.120. The smallest absolute Gasteiger partial charge is 0.322 e. The van der Waals surface area contributed by atoms with Gasteiger partial charge in [0, 0.05) is 30.9 Å². The molecule has 2 N–H and O–H groups in total. The highest BCUT2D eigenvalue weighted by molar-refractivity contribution is 5.95. The van der Waals surface area contributed by atoms with E-state index in [1.807, 2.05) is 0 Å². The van der Waals surface area contributed by atoms with Crippen molar-refractivity contribution >= 4 is 17.6 Å². The van der Waals surface area contributed by atoms with Crippen molar-refractivity contribution in [2.24, 2.45) is 5.92 Å². The van der Waals surface area contributed by atoms with Gasteiger partial charge in [-0.25, -0.2) is 9.18 Å². The number of fused-ring (bicyclic) bond motifs is 1. The molecule has 2 aromatic rings. The number of anilines is 1. The molecule has 27 heavy (non-hydrogen) atoms. The third-order valence-corrected chi connectivity index (χ3v) is 4.58. The number of carbonyl (C=O) groups excluding carboxylic acids is 2. The third-order valence-electron chi connectivity index (χ3n) is 4.58. The standard InChI is InChI=1S/C21H24FN3O2/c1-14(2)9-10-23-20(26)15-4-7-19(8-5-15)24-21(27)25-12-16-3-6-18(22)11-17(16)13-25/h3-8,11,14H,9-10,12-13H2,1-2H3,(H,23,26)(H,24,27). The number of nitrogens with one attached hydrogen (secondary N) is 2. The first kappa shape index (κ1) is 18.9. The highest BCUT2D eigenvalue weighted by atomic mass is 19.1. The summed E-state index contributed by atoms with van der Waals surface area (Å²) in [5.41, 5.74) is 2.96. The van der Waals surface area contributed by atoms with Gasteiger partial charge in [0.1, 0.15) is 5.82 Å². The van der Waals surface area contributed by atoms with Crippen molar-refractivity contribution in [3.63, 3.8) is 0 Å². The van der Waals surface area contributed by atoms with Crippen molar-refractivity contribution in [1.82, 2.24) is 10.2 Å². The molecule has 0 bridgehead atoms. The first-order valence-electron chi connectivity index (χ1n) is 9.14. The Balaban J connectivity index is 1.54. The summed E-state index contributed by atoms with van der Waals surface area (Å²) in [7, 11) is 0. The van der Waals surface area contributed by atoms with Gasteiger partial charge in [-0.05, 0) is 59.9 Å². The van der Waals surface area contributed by atoms with Crippen LogP contribution in [0.3, 0.4) is 0 Å². The van der Waals surface area contributed by atoms with Gasteiger partial charge in [-0.2, -0.15) is 0 Å². The second kappa shape index (κ2) is 8.20. The number of hydrogen-bond donors (Lipinski definition) is 2. The quantitative estimate of drug-likeness (QED) is 0.832. The summed E-state index contributed by atoms with van der Waals surface area (Å²) in [4.78, 5) is 26.1. The van der Waals surface area contributed by atoms with Crippen molar-refractivity contribution in [2.75, 3.05) is 11.9 Å². The van der Waals surface area contributed by atoms with Gasteiger partial charge in [0.25, 0.3) is 5.91 Å². The maximum atomic E-state index is 13.3. The Morgan fingerprint density at radius 3 is 2.48 bits per heavy atom. The normalized spacial score (nSPS) is 12.8. The Kier molecular flexibility index (Phi) is 5.74. The molecule has 0 fully saturated rings. The highest BCUT2D eigenvalue weighted by Gasteiger charge is 2.23. The Labute approximate surface area is 158 Å². The van der Waals surface area contributed by atoms with Crippen LogP contribution in [0.4, 0.5) is 14.9 Å². The van der Waals surface area contributed by atoms with E-state index in [-0.39, 0.29) is 17.8 Å². The molecule has 2 aromatic carbocycles. The SMILES string of the molecule is CC(C)CCNC(=O)c1ccc(NC(=O)N2Cc3ccc(F)cc3C2)cc1. The predicted molar refractivity (Wildman–Crippen MR) is 103 cm³/mol. The summed E-state index contributed by atoms with van der Waals surface area (Å²) < 4.78 is 13.3. The number of nitrogens with zero attached hydrogens (tertiary/aromatic N) is 1. The van der Waals surface area contributed by atoms with E-state index in [0.717, 1.165) is 17.5 Å². The van der Waals surface area contributed by atoms with Crippen molar-refractivity contribution in [3.8, 4) is 0 Å². The largest absolute Gasteiger partial charge is 0.352 e. The van der Waals surface area contributed by atoms with Crippen LogP contribution in [0.15, 0.2) is 42.5 Å². The molecular formula is C21H24FN3O2. The Morgan fingerprint density at radius 1 is 1.07 bits per heavy atom. The van der Waals surface area contributed by atoms with E-state index in [0.29, 0.717) is 36.8 Å². The lowest BCUT2D eigenvalue weighted by Crippen LogP contribution is -2.30. The zero-order valence-corrected chi connectivity index (χ0v) is 15.6. The molecule has 0 spiro atoms. The molecule has 6 heteroatoms. The number of urea groups is 1. The van der Waals surface area contributed by atoms with Gasteiger partial charge in [0.15, 0.2) is 0 Å². The first-order chi connectivity index (χ1) is 12.9. The lowest BCUT2D eigenvalue weighted by molar-refractivity contribution is 0.0952. The molecular weight excluding hydrogens is 345 g/mol. The Hall–Kier alpha value is -2.89. The van der Waals surface area contributed by atoms with Crippen LogP contribution in [0.25, 0.3) is 0 Å². The molecule has 0 aromatic heterocycles. The van der Waals surface area contributed by atoms with Crippen LogP contribution in [0.1, 0.15) is 41.8 Å². The van der Waals surface area contributed by atoms with Crippen LogP contribution >= 0.6 is 0 Å². The van der Waals surface area contributed by atoms with Crippen molar-refractivity contribution < 1.29 is 14.0 Å². The van der Waals surface area contributed by atoms with Crippen molar-refractivity contribution in [3.05, 3.63) is 65.0 Å².